The second-order valence-electron chi connectivity index (χ2n) is 5.49. The van der Waals surface area contributed by atoms with Crippen LogP contribution in [0, 0.1) is 11.3 Å². The molecular weight excluding hydrogens is 282 g/mol. The molecule has 3 aromatic rings. The van der Waals surface area contributed by atoms with Crippen molar-refractivity contribution in [1.29, 1.82) is 5.26 Å². The average Bonchev–Trinajstić information content (AvgIpc) is 3.10. The highest BCUT2D eigenvalue weighted by molar-refractivity contribution is 6.30. The van der Waals surface area contributed by atoms with E-state index in [0.717, 1.165) is 28.8 Å². The van der Waals surface area contributed by atoms with E-state index in [-0.39, 0.29) is 5.92 Å². The Kier molecular flexibility index (Phi) is 2.57. The normalized spacial score (nSPS) is 23.9. The molecule has 1 fully saturated rings. The molecule has 0 amide bonds. The van der Waals surface area contributed by atoms with Crippen molar-refractivity contribution in [3.63, 3.8) is 0 Å². The van der Waals surface area contributed by atoms with E-state index in [1.54, 1.807) is 0 Å². The van der Waals surface area contributed by atoms with E-state index < -0.39 is 5.41 Å². The first-order chi connectivity index (χ1) is 10.2. The second kappa shape index (κ2) is 4.34. The molecule has 1 saturated carbocycles. The van der Waals surface area contributed by atoms with Gasteiger partial charge in [0, 0.05) is 10.9 Å². The van der Waals surface area contributed by atoms with Gasteiger partial charge in [-0.15, -0.1) is 0 Å². The van der Waals surface area contributed by atoms with Gasteiger partial charge in [-0.05, 0) is 36.2 Å². The lowest BCUT2D eigenvalue weighted by molar-refractivity contribution is 0.790. The summed E-state index contributed by atoms with van der Waals surface area (Å²) >= 11 is 5.93. The maximum absolute atomic E-state index is 9.69. The second-order valence-corrected chi connectivity index (χ2v) is 5.93. The lowest BCUT2D eigenvalue weighted by Gasteiger charge is -2.05. The summed E-state index contributed by atoms with van der Waals surface area (Å²) in [6.07, 6.45) is 0.797. The maximum atomic E-state index is 9.69. The van der Waals surface area contributed by atoms with Gasteiger partial charge in [-0.25, -0.2) is 4.98 Å². The summed E-state index contributed by atoms with van der Waals surface area (Å²) in [7, 11) is 0. The molecule has 0 saturated heterocycles. The number of aromatic amines is 1. The number of nitrogens with zero attached hydrogens (tertiary/aromatic N) is 2. The predicted molar refractivity (Wildman–Crippen MR) is 82.2 cm³/mol. The smallest absolute Gasteiger partial charge is 0.128 e. The Morgan fingerprint density at radius 1 is 1.19 bits per heavy atom. The number of nitriles is 1. The van der Waals surface area contributed by atoms with Crippen LogP contribution < -0.4 is 0 Å². The number of hydrogen-bond acceptors (Lipinski definition) is 2. The van der Waals surface area contributed by atoms with Crippen molar-refractivity contribution in [3.8, 4) is 6.07 Å². The number of rotatable bonds is 2. The van der Waals surface area contributed by atoms with Gasteiger partial charge < -0.3 is 4.98 Å². The molecule has 0 aliphatic heterocycles. The monoisotopic (exact) mass is 293 g/mol. The molecule has 0 spiro atoms. The first-order valence-electron chi connectivity index (χ1n) is 6.85. The van der Waals surface area contributed by atoms with Crippen LogP contribution in [0.3, 0.4) is 0 Å². The number of imidazole rings is 1. The van der Waals surface area contributed by atoms with E-state index in [1.165, 1.54) is 0 Å². The van der Waals surface area contributed by atoms with E-state index >= 15 is 0 Å². The van der Waals surface area contributed by atoms with Gasteiger partial charge in [0.25, 0.3) is 0 Å². The standard InChI is InChI=1S/C17H12ClN3/c18-12-7-5-11(6-8-12)13-9-17(13,10-19)16-20-14-3-1-2-4-15(14)21-16/h1-8,13H,9H2,(H,20,21)/t13-,17-/m1/s1. The van der Waals surface area contributed by atoms with Crippen LogP contribution in [0.15, 0.2) is 48.5 Å². The van der Waals surface area contributed by atoms with Gasteiger partial charge in [0.15, 0.2) is 0 Å². The van der Waals surface area contributed by atoms with E-state index in [0.29, 0.717) is 5.02 Å². The van der Waals surface area contributed by atoms with Crippen LogP contribution in [0.1, 0.15) is 23.7 Å². The Morgan fingerprint density at radius 2 is 1.95 bits per heavy atom. The number of fused-ring (bicyclic) bond motifs is 1. The molecule has 102 valence electrons. The van der Waals surface area contributed by atoms with Crippen molar-refractivity contribution in [3.05, 3.63) is 64.9 Å². The fourth-order valence-corrected chi connectivity index (χ4v) is 3.09. The van der Waals surface area contributed by atoms with Gasteiger partial charge in [-0.2, -0.15) is 5.26 Å². The van der Waals surface area contributed by atoms with Crippen LogP contribution in [-0.4, -0.2) is 9.97 Å². The lowest BCUT2D eigenvalue weighted by atomic mass is 10.00. The Bertz CT molecular complexity index is 827. The van der Waals surface area contributed by atoms with Gasteiger partial charge in [0.2, 0.25) is 0 Å². The number of H-pyrrole nitrogens is 1. The topological polar surface area (TPSA) is 52.5 Å². The Morgan fingerprint density at radius 3 is 2.67 bits per heavy atom. The third-order valence-corrected chi connectivity index (χ3v) is 4.50. The highest BCUT2D eigenvalue weighted by atomic mass is 35.5. The van der Waals surface area contributed by atoms with Crippen LogP contribution >= 0.6 is 11.6 Å². The Balaban J connectivity index is 1.76. The molecule has 0 bridgehead atoms. The number of halogens is 1. The zero-order chi connectivity index (χ0) is 14.4. The highest BCUT2D eigenvalue weighted by Gasteiger charge is 2.59. The largest absolute Gasteiger partial charge is 0.341 e. The average molecular weight is 294 g/mol. The van der Waals surface area contributed by atoms with Crippen LogP contribution in [0.2, 0.25) is 5.02 Å². The molecule has 4 heteroatoms. The van der Waals surface area contributed by atoms with Crippen LogP contribution in [-0.2, 0) is 5.41 Å². The van der Waals surface area contributed by atoms with Crippen molar-refractivity contribution in [2.45, 2.75) is 17.8 Å². The molecule has 1 heterocycles. The number of nitrogens with one attached hydrogen (secondary N) is 1. The number of benzene rings is 2. The summed E-state index contributed by atoms with van der Waals surface area (Å²) in [5, 5.41) is 10.4. The summed E-state index contributed by atoms with van der Waals surface area (Å²) in [6.45, 7) is 0. The molecular formula is C17H12ClN3. The summed E-state index contributed by atoms with van der Waals surface area (Å²) < 4.78 is 0. The summed E-state index contributed by atoms with van der Waals surface area (Å²) in [6, 6.07) is 18.1. The third-order valence-electron chi connectivity index (χ3n) is 4.24. The minimum absolute atomic E-state index is 0.181. The minimum Gasteiger partial charge on any atom is -0.341 e. The van der Waals surface area contributed by atoms with Gasteiger partial charge in [0.05, 0.1) is 17.1 Å². The predicted octanol–water partition coefficient (Wildman–Crippen LogP) is 4.17. The summed E-state index contributed by atoms with van der Waals surface area (Å²) in [5.74, 6) is 0.950. The van der Waals surface area contributed by atoms with Crippen molar-refractivity contribution in [2.75, 3.05) is 0 Å². The number of aromatic nitrogens is 2. The Labute approximate surface area is 127 Å². The van der Waals surface area contributed by atoms with Crippen LogP contribution in [0.4, 0.5) is 0 Å². The molecule has 21 heavy (non-hydrogen) atoms. The molecule has 3 nitrogen and oxygen atoms in total. The fraction of sp³-hybridized carbons (Fsp3) is 0.176. The molecule has 1 aromatic heterocycles. The zero-order valence-corrected chi connectivity index (χ0v) is 11.9. The molecule has 2 atom stereocenters. The van der Waals surface area contributed by atoms with Crippen LogP contribution in [0.25, 0.3) is 11.0 Å². The van der Waals surface area contributed by atoms with Crippen molar-refractivity contribution >= 4 is 22.6 Å². The SMILES string of the molecule is N#C[C@]1(c2nc3ccccc3[nH]2)C[C@@H]1c1ccc(Cl)cc1. The lowest BCUT2D eigenvalue weighted by Crippen LogP contribution is -2.08. The minimum atomic E-state index is -0.535. The van der Waals surface area contributed by atoms with Gasteiger partial charge in [-0.3, -0.25) is 0 Å². The van der Waals surface area contributed by atoms with Gasteiger partial charge >= 0.3 is 0 Å². The first-order valence-corrected chi connectivity index (χ1v) is 7.23. The molecule has 0 radical (unpaired) electrons. The Hall–Kier alpha value is -2.31. The maximum Gasteiger partial charge on any atom is 0.128 e. The van der Waals surface area contributed by atoms with Crippen molar-refractivity contribution in [1.82, 2.24) is 9.97 Å². The van der Waals surface area contributed by atoms with E-state index in [1.807, 2.05) is 48.5 Å². The summed E-state index contributed by atoms with van der Waals surface area (Å²) in [4.78, 5) is 7.91. The zero-order valence-electron chi connectivity index (χ0n) is 11.2. The summed E-state index contributed by atoms with van der Waals surface area (Å²) in [5.41, 5.74) is 2.49. The van der Waals surface area contributed by atoms with Crippen LogP contribution in [0.5, 0.6) is 0 Å². The van der Waals surface area contributed by atoms with Crippen molar-refractivity contribution < 1.29 is 0 Å². The van der Waals surface area contributed by atoms with E-state index in [2.05, 4.69) is 16.0 Å². The highest BCUT2D eigenvalue weighted by Crippen LogP contribution is 2.59. The van der Waals surface area contributed by atoms with E-state index in [4.69, 9.17) is 11.6 Å². The number of hydrogen-bond donors (Lipinski definition) is 1. The molecule has 1 N–H and O–H groups in total. The third kappa shape index (κ3) is 1.84. The number of para-hydroxylation sites is 2. The van der Waals surface area contributed by atoms with Gasteiger partial charge in [0.1, 0.15) is 11.2 Å². The fourth-order valence-electron chi connectivity index (χ4n) is 2.96. The van der Waals surface area contributed by atoms with E-state index in [9.17, 15) is 5.26 Å². The molecule has 4 rings (SSSR count). The molecule has 1 aliphatic rings. The molecule has 2 aromatic carbocycles. The molecule has 0 unspecified atom stereocenters. The first kappa shape index (κ1) is 12.4. The quantitative estimate of drug-likeness (QED) is 0.771. The molecule has 1 aliphatic carbocycles. The van der Waals surface area contributed by atoms with Crippen molar-refractivity contribution in [2.24, 2.45) is 0 Å². The van der Waals surface area contributed by atoms with Gasteiger partial charge in [-0.1, -0.05) is 35.9 Å².